The number of hydrogen-bond acceptors (Lipinski definition) is 6. The predicted molar refractivity (Wildman–Crippen MR) is 205 cm³/mol. The quantitative estimate of drug-likeness (QED) is 0.0286. The largest absolute Gasteiger partial charge is 0.462 e. The van der Waals surface area contributed by atoms with E-state index in [4.69, 9.17) is 14.2 Å². The third kappa shape index (κ3) is 36.5. The molecule has 0 aliphatic carbocycles. The number of unbranched alkanes of at least 4 members (excludes halogenated alkanes) is 16. The molecule has 1 atom stereocenters. The highest BCUT2D eigenvalue weighted by molar-refractivity contribution is 5.71. The van der Waals surface area contributed by atoms with Crippen molar-refractivity contribution in [1.82, 2.24) is 0 Å². The Labute approximate surface area is 301 Å². The van der Waals surface area contributed by atoms with Crippen molar-refractivity contribution in [2.24, 2.45) is 0 Å². The lowest BCUT2D eigenvalue weighted by molar-refractivity contribution is -0.167. The Morgan fingerprint density at radius 1 is 0.429 bits per heavy atom. The number of esters is 3. The normalized spacial score (nSPS) is 12.5. The lowest BCUT2D eigenvalue weighted by Gasteiger charge is -2.18. The van der Waals surface area contributed by atoms with Crippen LogP contribution in [0.5, 0.6) is 0 Å². The molecule has 49 heavy (non-hydrogen) atoms. The SMILES string of the molecule is CC/C=C\C/C=C\C/C=C\CCCCCC(=O)OCC(COC(=O)CCCCCCCCC)OC(=O)CCCCCCC/C=C\CCCC. The summed E-state index contributed by atoms with van der Waals surface area (Å²) >= 11 is 0. The van der Waals surface area contributed by atoms with Gasteiger partial charge in [-0.25, -0.2) is 0 Å². The van der Waals surface area contributed by atoms with Crippen LogP contribution in [0.3, 0.4) is 0 Å². The van der Waals surface area contributed by atoms with Crippen molar-refractivity contribution < 1.29 is 28.6 Å². The topological polar surface area (TPSA) is 78.9 Å². The van der Waals surface area contributed by atoms with Gasteiger partial charge in [0.2, 0.25) is 0 Å². The summed E-state index contributed by atoms with van der Waals surface area (Å²) in [6.45, 7) is 6.38. The van der Waals surface area contributed by atoms with E-state index in [1.165, 1.54) is 51.4 Å². The summed E-state index contributed by atoms with van der Waals surface area (Å²) in [4.78, 5) is 37.4. The average Bonchev–Trinajstić information content (AvgIpc) is 3.10. The van der Waals surface area contributed by atoms with Gasteiger partial charge in [-0.05, 0) is 70.6 Å². The lowest BCUT2D eigenvalue weighted by atomic mass is 10.1. The first-order valence-electron chi connectivity index (χ1n) is 20.1. The number of ether oxygens (including phenoxy) is 3. The van der Waals surface area contributed by atoms with Gasteiger partial charge in [-0.1, -0.05) is 146 Å². The Bertz CT molecular complexity index is 887. The minimum absolute atomic E-state index is 0.0862. The van der Waals surface area contributed by atoms with Gasteiger partial charge in [-0.15, -0.1) is 0 Å². The summed E-state index contributed by atoms with van der Waals surface area (Å²) in [6.07, 6.45) is 42.5. The fourth-order valence-electron chi connectivity index (χ4n) is 5.26. The van der Waals surface area contributed by atoms with Gasteiger partial charge in [-0.2, -0.15) is 0 Å². The van der Waals surface area contributed by atoms with E-state index in [9.17, 15) is 14.4 Å². The summed E-state index contributed by atoms with van der Waals surface area (Å²) in [5.74, 6) is -0.941. The first-order valence-corrected chi connectivity index (χ1v) is 20.1. The second-order valence-electron chi connectivity index (χ2n) is 13.2. The zero-order valence-corrected chi connectivity index (χ0v) is 31.9. The fraction of sp³-hybridized carbons (Fsp3) is 0.744. The van der Waals surface area contributed by atoms with Gasteiger partial charge in [0, 0.05) is 19.3 Å². The van der Waals surface area contributed by atoms with Crippen LogP contribution in [0.1, 0.15) is 188 Å². The summed E-state index contributed by atoms with van der Waals surface area (Å²) in [7, 11) is 0. The number of allylic oxidation sites excluding steroid dienone is 8. The van der Waals surface area contributed by atoms with E-state index in [0.29, 0.717) is 19.3 Å². The van der Waals surface area contributed by atoms with Crippen LogP contribution in [0.25, 0.3) is 0 Å². The van der Waals surface area contributed by atoms with Gasteiger partial charge in [0.05, 0.1) is 0 Å². The molecule has 0 fully saturated rings. The van der Waals surface area contributed by atoms with Crippen molar-refractivity contribution in [2.45, 2.75) is 194 Å². The van der Waals surface area contributed by atoms with Crippen molar-refractivity contribution in [3.63, 3.8) is 0 Å². The average molecular weight is 687 g/mol. The molecule has 0 bridgehead atoms. The van der Waals surface area contributed by atoms with Gasteiger partial charge in [-0.3, -0.25) is 14.4 Å². The minimum Gasteiger partial charge on any atom is -0.462 e. The van der Waals surface area contributed by atoms with Crippen molar-refractivity contribution in [3.8, 4) is 0 Å². The zero-order valence-electron chi connectivity index (χ0n) is 31.9. The van der Waals surface area contributed by atoms with E-state index in [-0.39, 0.29) is 31.1 Å². The molecule has 0 aromatic carbocycles. The van der Waals surface area contributed by atoms with E-state index in [1.807, 2.05) is 0 Å². The molecule has 0 amide bonds. The van der Waals surface area contributed by atoms with E-state index >= 15 is 0 Å². The van der Waals surface area contributed by atoms with Crippen LogP contribution < -0.4 is 0 Å². The van der Waals surface area contributed by atoms with Crippen molar-refractivity contribution in [1.29, 1.82) is 0 Å². The Morgan fingerprint density at radius 2 is 0.816 bits per heavy atom. The molecule has 0 saturated carbocycles. The fourth-order valence-corrected chi connectivity index (χ4v) is 5.26. The highest BCUT2D eigenvalue weighted by Gasteiger charge is 2.19. The molecular weight excluding hydrogens is 612 g/mol. The first-order chi connectivity index (χ1) is 24.0. The predicted octanol–water partition coefficient (Wildman–Crippen LogP) is 12.4. The van der Waals surface area contributed by atoms with Crippen LogP contribution in [-0.4, -0.2) is 37.2 Å². The highest BCUT2D eigenvalue weighted by Crippen LogP contribution is 2.12. The minimum atomic E-state index is -0.782. The molecule has 0 radical (unpaired) electrons. The van der Waals surface area contributed by atoms with E-state index < -0.39 is 6.10 Å². The molecule has 0 spiro atoms. The maximum atomic E-state index is 12.6. The smallest absolute Gasteiger partial charge is 0.306 e. The van der Waals surface area contributed by atoms with E-state index in [2.05, 4.69) is 69.4 Å². The molecular formula is C43H74O6. The summed E-state index contributed by atoms with van der Waals surface area (Å²) < 4.78 is 16.5. The molecule has 6 heteroatoms. The Balaban J connectivity index is 4.41. The van der Waals surface area contributed by atoms with Crippen molar-refractivity contribution in [2.75, 3.05) is 13.2 Å². The van der Waals surface area contributed by atoms with E-state index in [0.717, 1.165) is 96.3 Å². The maximum Gasteiger partial charge on any atom is 0.306 e. The Kier molecular flexibility index (Phi) is 36.1. The molecule has 0 aliphatic heterocycles. The highest BCUT2D eigenvalue weighted by atomic mass is 16.6. The van der Waals surface area contributed by atoms with Crippen LogP contribution in [0, 0.1) is 0 Å². The van der Waals surface area contributed by atoms with Crippen molar-refractivity contribution in [3.05, 3.63) is 48.6 Å². The monoisotopic (exact) mass is 687 g/mol. The molecule has 282 valence electrons. The second-order valence-corrected chi connectivity index (χ2v) is 13.2. The number of carbonyl (C=O) groups is 3. The Morgan fingerprint density at radius 3 is 1.35 bits per heavy atom. The van der Waals surface area contributed by atoms with Crippen LogP contribution in [0.15, 0.2) is 48.6 Å². The number of rotatable bonds is 35. The zero-order chi connectivity index (χ0) is 35.9. The molecule has 0 heterocycles. The first kappa shape index (κ1) is 46.4. The summed E-state index contributed by atoms with van der Waals surface area (Å²) in [5.41, 5.74) is 0. The van der Waals surface area contributed by atoms with Crippen molar-refractivity contribution >= 4 is 17.9 Å². The summed E-state index contributed by atoms with van der Waals surface area (Å²) in [6, 6.07) is 0. The molecule has 0 aliphatic rings. The Hall–Kier alpha value is -2.63. The third-order valence-electron chi connectivity index (χ3n) is 8.32. The standard InChI is InChI=1S/C43H74O6/c1-4-7-10-13-16-18-20-21-23-24-27-30-33-36-42(45)48-39-40(38-47-41(44)35-32-29-26-15-12-9-6-3)49-43(46)37-34-31-28-25-22-19-17-14-11-8-5-2/h7,10,14,16-18,21,23,40H,4-6,8-9,11-13,15,19-20,22,24-39H2,1-3H3/b10-7-,17-14-,18-16-,23-21-. The number of carbonyl (C=O) groups excluding carboxylic acids is 3. The molecule has 0 rings (SSSR count). The molecule has 0 aromatic rings. The van der Waals surface area contributed by atoms with E-state index in [1.54, 1.807) is 0 Å². The van der Waals surface area contributed by atoms with Crippen LogP contribution in [-0.2, 0) is 28.6 Å². The van der Waals surface area contributed by atoms with Crippen LogP contribution in [0.4, 0.5) is 0 Å². The number of hydrogen-bond donors (Lipinski definition) is 0. The lowest BCUT2D eigenvalue weighted by Crippen LogP contribution is -2.30. The van der Waals surface area contributed by atoms with Gasteiger partial charge in [0.15, 0.2) is 6.10 Å². The molecule has 0 aromatic heterocycles. The maximum absolute atomic E-state index is 12.6. The van der Waals surface area contributed by atoms with Gasteiger partial charge in [0.1, 0.15) is 13.2 Å². The van der Waals surface area contributed by atoms with Gasteiger partial charge >= 0.3 is 17.9 Å². The molecule has 1 unspecified atom stereocenters. The molecule has 6 nitrogen and oxygen atoms in total. The van der Waals surface area contributed by atoms with Crippen LogP contribution >= 0.6 is 0 Å². The van der Waals surface area contributed by atoms with Crippen LogP contribution in [0.2, 0.25) is 0 Å². The molecule has 0 saturated heterocycles. The second kappa shape index (κ2) is 38.2. The van der Waals surface area contributed by atoms with Gasteiger partial charge in [0.25, 0.3) is 0 Å². The third-order valence-corrected chi connectivity index (χ3v) is 8.32. The van der Waals surface area contributed by atoms with Gasteiger partial charge < -0.3 is 14.2 Å². The summed E-state index contributed by atoms with van der Waals surface area (Å²) in [5, 5.41) is 0. The molecule has 0 N–H and O–H groups in total.